The molecule has 106 valence electrons. The number of non-ortho nitro benzene ring substituents is 1. The van der Waals surface area contributed by atoms with E-state index in [0.29, 0.717) is 17.4 Å². The number of nitro benzene ring substituents is 1. The maximum atomic E-state index is 10.7. The van der Waals surface area contributed by atoms with Crippen LogP contribution in [-0.4, -0.2) is 34.5 Å². The Kier molecular flexibility index (Phi) is 3.51. The summed E-state index contributed by atoms with van der Waals surface area (Å²) in [6, 6.07) is 4.64. The van der Waals surface area contributed by atoms with Gasteiger partial charge < -0.3 is 15.6 Å². The summed E-state index contributed by atoms with van der Waals surface area (Å²) in [6.45, 7) is 2.98. The zero-order valence-electron chi connectivity index (χ0n) is 11.1. The number of nitrogens with one attached hydrogen (secondary N) is 3. The Morgan fingerprint density at radius 2 is 2.40 bits per heavy atom. The second-order valence-electron chi connectivity index (χ2n) is 5.14. The van der Waals surface area contributed by atoms with Gasteiger partial charge in [-0.25, -0.2) is 4.98 Å². The van der Waals surface area contributed by atoms with E-state index >= 15 is 0 Å². The summed E-state index contributed by atoms with van der Waals surface area (Å²) < 4.78 is 0. The highest BCUT2D eigenvalue weighted by Gasteiger charge is 2.14. The monoisotopic (exact) mass is 275 g/mol. The van der Waals surface area contributed by atoms with E-state index in [1.165, 1.54) is 25.0 Å². The predicted molar refractivity (Wildman–Crippen MR) is 76.8 cm³/mol. The molecule has 0 radical (unpaired) electrons. The van der Waals surface area contributed by atoms with Crippen LogP contribution in [0.15, 0.2) is 18.2 Å². The first-order chi connectivity index (χ1) is 9.72. The standard InChI is InChI=1S/C13H17N5O2/c19-18(20)10-3-4-11-12(6-10)17-13(16-11)15-8-9-2-1-5-14-7-9/h3-4,6,9,14H,1-2,5,7-8H2,(H2,15,16,17). The Morgan fingerprint density at radius 3 is 3.15 bits per heavy atom. The number of nitro groups is 1. The van der Waals surface area contributed by atoms with E-state index in [9.17, 15) is 10.1 Å². The van der Waals surface area contributed by atoms with E-state index in [4.69, 9.17) is 0 Å². The maximum absolute atomic E-state index is 10.7. The van der Waals surface area contributed by atoms with Crippen molar-refractivity contribution in [2.75, 3.05) is 25.0 Å². The van der Waals surface area contributed by atoms with Crippen molar-refractivity contribution in [2.45, 2.75) is 12.8 Å². The van der Waals surface area contributed by atoms with Crippen molar-refractivity contribution in [1.82, 2.24) is 15.3 Å². The van der Waals surface area contributed by atoms with Gasteiger partial charge in [0.05, 0.1) is 16.0 Å². The van der Waals surface area contributed by atoms with Gasteiger partial charge in [-0.05, 0) is 37.9 Å². The van der Waals surface area contributed by atoms with Gasteiger partial charge in [-0.15, -0.1) is 0 Å². The van der Waals surface area contributed by atoms with E-state index in [1.54, 1.807) is 6.07 Å². The van der Waals surface area contributed by atoms with Gasteiger partial charge >= 0.3 is 0 Å². The topological polar surface area (TPSA) is 95.9 Å². The molecule has 3 N–H and O–H groups in total. The summed E-state index contributed by atoms with van der Waals surface area (Å²) in [7, 11) is 0. The Balaban J connectivity index is 1.70. The number of imidazole rings is 1. The Hall–Kier alpha value is -2.15. The molecule has 1 aliphatic rings. The molecule has 7 nitrogen and oxygen atoms in total. The lowest BCUT2D eigenvalue weighted by molar-refractivity contribution is -0.384. The summed E-state index contributed by atoms with van der Waals surface area (Å²) in [6.07, 6.45) is 2.42. The summed E-state index contributed by atoms with van der Waals surface area (Å²) in [5, 5.41) is 17.4. The first kappa shape index (κ1) is 12.9. The maximum Gasteiger partial charge on any atom is 0.271 e. The van der Waals surface area contributed by atoms with Gasteiger partial charge in [-0.3, -0.25) is 10.1 Å². The number of benzene rings is 1. The molecule has 0 bridgehead atoms. The fourth-order valence-electron chi connectivity index (χ4n) is 2.53. The van der Waals surface area contributed by atoms with Crippen molar-refractivity contribution >= 4 is 22.7 Å². The number of hydrogen-bond donors (Lipinski definition) is 3. The van der Waals surface area contributed by atoms with Crippen LogP contribution in [0, 0.1) is 16.0 Å². The summed E-state index contributed by atoms with van der Waals surface area (Å²) in [5.74, 6) is 1.28. The lowest BCUT2D eigenvalue weighted by Crippen LogP contribution is -2.33. The highest BCUT2D eigenvalue weighted by Crippen LogP contribution is 2.20. The second kappa shape index (κ2) is 5.46. The largest absolute Gasteiger partial charge is 0.355 e. The third kappa shape index (κ3) is 2.72. The van der Waals surface area contributed by atoms with Crippen molar-refractivity contribution in [2.24, 2.45) is 5.92 Å². The summed E-state index contributed by atoms with van der Waals surface area (Å²) in [4.78, 5) is 17.8. The molecule has 7 heteroatoms. The average Bonchev–Trinajstić information content (AvgIpc) is 2.88. The van der Waals surface area contributed by atoms with E-state index < -0.39 is 4.92 Å². The van der Waals surface area contributed by atoms with Gasteiger partial charge in [0, 0.05) is 18.7 Å². The summed E-state index contributed by atoms with van der Waals surface area (Å²) >= 11 is 0. The summed E-state index contributed by atoms with van der Waals surface area (Å²) in [5.41, 5.74) is 1.49. The minimum atomic E-state index is -0.402. The molecule has 0 aliphatic carbocycles. The quantitative estimate of drug-likeness (QED) is 0.585. The molecule has 0 spiro atoms. The van der Waals surface area contributed by atoms with Gasteiger partial charge in [0.1, 0.15) is 0 Å². The first-order valence-corrected chi connectivity index (χ1v) is 6.81. The Labute approximate surface area is 115 Å². The van der Waals surface area contributed by atoms with Crippen LogP contribution in [0.3, 0.4) is 0 Å². The number of anilines is 1. The molecule has 1 aromatic heterocycles. The van der Waals surface area contributed by atoms with Gasteiger partial charge in [0.2, 0.25) is 5.95 Å². The lowest BCUT2D eigenvalue weighted by Gasteiger charge is -2.22. The fraction of sp³-hybridized carbons (Fsp3) is 0.462. The Bertz CT molecular complexity index is 618. The molecular formula is C13H17N5O2. The number of H-pyrrole nitrogens is 1. The van der Waals surface area contributed by atoms with Crippen LogP contribution < -0.4 is 10.6 Å². The zero-order valence-corrected chi connectivity index (χ0v) is 11.1. The van der Waals surface area contributed by atoms with Crippen LogP contribution in [0.25, 0.3) is 11.0 Å². The number of hydrogen-bond acceptors (Lipinski definition) is 5. The van der Waals surface area contributed by atoms with E-state index in [2.05, 4.69) is 20.6 Å². The molecule has 3 rings (SSSR count). The number of fused-ring (bicyclic) bond motifs is 1. The molecular weight excluding hydrogens is 258 g/mol. The van der Waals surface area contributed by atoms with Gasteiger partial charge in [-0.1, -0.05) is 0 Å². The number of rotatable bonds is 4. The lowest BCUT2D eigenvalue weighted by atomic mass is 10.00. The third-order valence-corrected chi connectivity index (χ3v) is 3.63. The van der Waals surface area contributed by atoms with Crippen LogP contribution >= 0.6 is 0 Å². The molecule has 1 saturated heterocycles. The number of aromatic nitrogens is 2. The molecule has 2 aromatic rings. The van der Waals surface area contributed by atoms with Gasteiger partial charge in [0.15, 0.2) is 0 Å². The first-order valence-electron chi connectivity index (χ1n) is 6.81. The highest BCUT2D eigenvalue weighted by atomic mass is 16.6. The number of piperidine rings is 1. The minimum Gasteiger partial charge on any atom is -0.355 e. The molecule has 1 fully saturated rings. The molecule has 1 unspecified atom stereocenters. The van der Waals surface area contributed by atoms with E-state index in [-0.39, 0.29) is 5.69 Å². The van der Waals surface area contributed by atoms with E-state index in [1.807, 2.05) is 0 Å². The van der Waals surface area contributed by atoms with Crippen LogP contribution in [0.2, 0.25) is 0 Å². The minimum absolute atomic E-state index is 0.0733. The fourth-order valence-corrected chi connectivity index (χ4v) is 2.53. The Morgan fingerprint density at radius 1 is 1.50 bits per heavy atom. The average molecular weight is 275 g/mol. The normalized spacial score (nSPS) is 19.1. The predicted octanol–water partition coefficient (Wildman–Crippen LogP) is 1.88. The van der Waals surface area contributed by atoms with Crippen molar-refractivity contribution in [3.63, 3.8) is 0 Å². The van der Waals surface area contributed by atoms with Crippen molar-refractivity contribution in [3.8, 4) is 0 Å². The van der Waals surface area contributed by atoms with E-state index in [0.717, 1.165) is 25.2 Å². The van der Waals surface area contributed by atoms with Gasteiger partial charge in [0.25, 0.3) is 5.69 Å². The molecule has 0 saturated carbocycles. The second-order valence-corrected chi connectivity index (χ2v) is 5.14. The van der Waals surface area contributed by atoms with Crippen molar-refractivity contribution in [3.05, 3.63) is 28.3 Å². The third-order valence-electron chi connectivity index (χ3n) is 3.63. The van der Waals surface area contributed by atoms with Crippen LogP contribution in [0.1, 0.15) is 12.8 Å². The highest BCUT2D eigenvalue weighted by molar-refractivity contribution is 5.79. The zero-order chi connectivity index (χ0) is 13.9. The molecule has 1 aromatic carbocycles. The number of aromatic amines is 1. The van der Waals surface area contributed by atoms with Crippen LogP contribution in [-0.2, 0) is 0 Å². The van der Waals surface area contributed by atoms with Crippen molar-refractivity contribution in [1.29, 1.82) is 0 Å². The smallest absolute Gasteiger partial charge is 0.271 e. The molecule has 20 heavy (non-hydrogen) atoms. The van der Waals surface area contributed by atoms with Gasteiger partial charge in [-0.2, -0.15) is 0 Å². The van der Waals surface area contributed by atoms with Crippen molar-refractivity contribution < 1.29 is 4.92 Å². The molecule has 1 atom stereocenters. The molecule has 0 amide bonds. The molecule has 1 aliphatic heterocycles. The molecule has 2 heterocycles. The van der Waals surface area contributed by atoms with Crippen LogP contribution in [0.5, 0.6) is 0 Å². The SMILES string of the molecule is O=[N+]([O-])c1ccc2nc(NCC3CCCNC3)[nH]c2c1. The number of nitrogens with zero attached hydrogens (tertiary/aromatic N) is 2. The van der Waals surface area contributed by atoms with Crippen LogP contribution in [0.4, 0.5) is 11.6 Å².